The van der Waals surface area contributed by atoms with Crippen molar-refractivity contribution in [1.82, 2.24) is 5.32 Å². The van der Waals surface area contributed by atoms with Gasteiger partial charge in [-0.25, -0.2) is 28.9 Å². The highest BCUT2D eigenvalue weighted by molar-refractivity contribution is 7.82. The number of nitrogens with zero attached hydrogens (tertiary/aromatic N) is 4. The molecule has 0 unspecified atom stereocenters. The highest BCUT2D eigenvalue weighted by atomic mass is 32.1. The van der Waals surface area contributed by atoms with Crippen molar-refractivity contribution in [3.8, 4) is 11.5 Å². The topological polar surface area (TPSA) is 89.1 Å². The van der Waals surface area contributed by atoms with Crippen LogP contribution in [-0.2, 0) is 17.7 Å². The Morgan fingerprint density at radius 2 is 1.36 bits per heavy atom. The van der Waals surface area contributed by atoms with E-state index >= 15 is 0 Å². The molecule has 0 heterocycles. The van der Waals surface area contributed by atoms with E-state index in [0.29, 0.717) is 22.9 Å². The van der Waals surface area contributed by atoms with E-state index in [4.69, 9.17) is 45.2 Å². The quantitative estimate of drug-likeness (QED) is 0.0899. The van der Waals surface area contributed by atoms with Crippen LogP contribution >= 0.6 is 24.4 Å². The summed E-state index contributed by atoms with van der Waals surface area (Å²) in [6.45, 7) is 21.2. The Balaban J connectivity index is 0.000000390. The van der Waals surface area contributed by atoms with Gasteiger partial charge in [0, 0.05) is 6.54 Å². The zero-order chi connectivity index (χ0) is 42.3. The third kappa shape index (κ3) is 18.4. The molecule has 0 aliphatic rings. The van der Waals surface area contributed by atoms with Crippen LogP contribution in [0.15, 0.2) is 151 Å². The van der Waals surface area contributed by atoms with Crippen molar-refractivity contribution in [2.45, 2.75) is 60.1 Å². The Bertz CT molecular complexity index is 2230. The van der Waals surface area contributed by atoms with Gasteiger partial charge in [0.05, 0.1) is 23.6 Å². The number of anilines is 1. The first-order chi connectivity index (χ1) is 27.8. The van der Waals surface area contributed by atoms with E-state index in [1.54, 1.807) is 24.3 Å². The minimum absolute atomic E-state index is 0. The van der Waals surface area contributed by atoms with Crippen LogP contribution in [0.4, 0.5) is 31.9 Å². The number of carbonyl (C=O) groups is 1. The number of halogens is 1. The van der Waals surface area contributed by atoms with E-state index in [9.17, 15) is 9.18 Å². The Morgan fingerprint density at radius 3 is 1.90 bits per heavy atom. The standard InChI is InChI=1S/C26H26N2O4S2.C11H13N.C9H5FN2.CH4/c1-26(2,3)32-23(29)27-18-19-11-10-12-20(17-19)28(24(33)30-21-13-6-4-7-14-21)25(34)31-22-15-8-5-9-16-22;1-3-6-10-7-5-8-11(9-10)12-4-2;1-3-12-9-5-7(10)4-8(6-9)11-2;/h4-17H,18H2,1-3H3,(H,27,29);5,7-9H,2-3,6H2,1H3;4-6H,1H2;1H4. The number of ether oxygens (including phenoxy) is 3. The monoisotopic (exact) mass is 829 g/mol. The zero-order valence-corrected chi connectivity index (χ0v) is 34.4. The molecule has 0 fully saturated rings. The first kappa shape index (κ1) is 48.4. The number of rotatable bonds is 9. The number of thiocarbonyl (C=S) groups is 2. The molecule has 0 saturated heterocycles. The lowest BCUT2D eigenvalue weighted by atomic mass is 10.1. The lowest BCUT2D eigenvalue weighted by Crippen LogP contribution is -2.40. The molecule has 0 bridgehead atoms. The Kier molecular flexibility index (Phi) is 20.9. The van der Waals surface area contributed by atoms with Crippen molar-refractivity contribution >= 4 is 75.4 Å². The van der Waals surface area contributed by atoms with Crippen molar-refractivity contribution in [2.24, 2.45) is 9.98 Å². The summed E-state index contributed by atoms with van der Waals surface area (Å²) in [5.41, 5.74) is 3.72. The molecule has 0 aliphatic heterocycles. The number of benzene rings is 5. The van der Waals surface area contributed by atoms with Crippen LogP contribution in [0.25, 0.3) is 4.85 Å². The van der Waals surface area contributed by atoms with Crippen LogP contribution in [0.5, 0.6) is 11.5 Å². The van der Waals surface area contributed by atoms with Crippen molar-refractivity contribution < 1.29 is 23.4 Å². The molecule has 9 nitrogen and oxygen atoms in total. The van der Waals surface area contributed by atoms with Crippen molar-refractivity contribution in [1.29, 1.82) is 0 Å². The average Bonchev–Trinajstić information content (AvgIpc) is 3.18. The number of aryl methyl sites for hydroxylation is 1. The van der Waals surface area contributed by atoms with Gasteiger partial charge in [-0.1, -0.05) is 81.4 Å². The number of carbonyl (C=O) groups excluding carboxylic acids is 1. The fourth-order valence-electron chi connectivity index (χ4n) is 4.79. The number of para-hydroxylation sites is 2. The molecule has 0 aromatic heterocycles. The van der Waals surface area contributed by atoms with Crippen molar-refractivity contribution in [3.05, 3.63) is 169 Å². The lowest BCUT2D eigenvalue weighted by molar-refractivity contribution is 0.0523. The molecule has 0 saturated carbocycles. The van der Waals surface area contributed by atoms with E-state index in [0.717, 1.165) is 23.7 Å². The second kappa shape index (κ2) is 25.5. The summed E-state index contributed by atoms with van der Waals surface area (Å²) >= 11 is 11.2. The lowest BCUT2D eigenvalue weighted by Gasteiger charge is -2.25. The molecular formula is C47H48FN5O4S2. The first-order valence-electron chi connectivity index (χ1n) is 18.0. The van der Waals surface area contributed by atoms with Crippen LogP contribution in [0, 0.1) is 12.4 Å². The van der Waals surface area contributed by atoms with Gasteiger partial charge in [0.25, 0.3) is 10.3 Å². The third-order valence-corrected chi connectivity index (χ3v) is 7.66. The van der Waals surface area contributed by atoms with Crippen LogP contribution < -0.4 is 19.7 Å². The molecule has 1 amide bonds. The molecule has 0 spiro atoms. The number of nitrogens with one attached hydrogen (secondary N) is 1. The number of alkyl carbamates (subject to hydrolysis) is 1. The van der Waals surface area contributed by atoms with Gasteiger partial charge in [0.15, 0.2) is 5.69 Å². The number of amides is 1. The molecule has 304 valence electrons. The largest absolute Gasteiger partial charge is 0.444 e. The second-order valence-corrected chi connectivity index (χ2v) is 13.7. The molecule has 1 N–H and O–H groups in total. The van der Waals surface area contributed by atoms with E-state index in [1.807, 2.05) is 93.6 Å². The van der Waals surface area contributed by atoms with E-state index in [-0.39, 0.29) is 30.0 Å². The van der Waals surface area contributed by atoms with Crippen molar-refractivity contribution in [2.75, 3.05) is 4.90 Å². The van der Waals surface area contributed by atoms with E-state index < -0.39 is 17.5 Å². The molecular weight excluding hydrogens is 782 g/mol. The summed E-state index contributed by atoms with van der Waals surface area (Å²) in [5, 5.41) is 2.95. The van der Waals surface area contributed by atoms with Gasteiger partial charge in [-0.3, -0.25) is 0 Å². The van der Waals surface area contributed by atoms with Gasteiger partial charge in [-0.05, 0) is 154 Å². The van der Waals surface area contributed by atoms with Gasteiger partial charge in [0.1, 0.15) is 22.9 Å². The van der Waals surface area contributed by atoms with Crippen molar-refractivity contribution in [3.63, 3.8) is 0 Å². The Labute approximate surface area is 358 Å². The first-order valence-corrected chi connectivity index (χ1v) is 18.8. The zero-order valence-electron chi connectivity index (χ0n) is 32.8. The third-order valence-electron chi connectivity index (χ3n) is 7.13. The molecule has 12 heteroatoms. The molecule has 0 aliphatic carbocycles. The molecule has 5 aromatic rings. The minimum atomic E-state index is -0.579. The number of aliphatic imine (C=N–C) groups is 2. The molecule has 5 rings (SSSR count). The maximum Gasteiger partial charge on any atom is 0.407 e. The van der Waals surface area contributed by atoms with Gasteiger partial charge in [0.2, 0.25) is 0 Å². The highest BCUT2D eigenvalue weighted by Gasteiger charge is 2.22. The summed E-state index contributed by atoms with van der Waals surface area (Å²) in [7, 11) is 0. The fourth-order valence-corrected chi connectivity index (χ4v) is 5.42. The summed E-state index contributed by atoms with van der Waals surface area (Å²) in [4.78, 5) is 24.3. The summed E-state index contributed by atoms with van der Waals surface area (Å²) in [6, 6.07) is 37.8. The van der Waals surface area contributed by atoms with Crippen LogP contribution in [0.1, 0.15) is 52.7 Å². The number of hydrogen-bond acceptors (Lipinski definition) is 8. The summed E-state index contributed by atoms with van der Waals surface area (Å²) in [6.07, 6.45) is 1.78. The Hall–Kier alpha value is -6.73. The number of hydrogen-bond donors (Lipinski definition) is 1. The van der Waals surface area contributed by atoms with Gasteiger partial charge in [-0.15, -0.1) is 0 Å². The predicted octanol–water partition coefficient (Wildman–Crippen LogP) is 12.9. The van der Waals surface area contributed by atoms with E-state index in [1.165, 1.54) is 29.0 Å². The average molecular weight is 830 g/mol. The Morgan fingerprint density at radius 1 is 0.797 bits per heavy atom. The smallest absolute Gasteiger partial charge is 0.407 e. The van der Waals surface area contributed by atoms with Gasteiger partial charge >= 0.3 is 6.09 Å². The van der Waals surface area contributed by atoms with Crippen LogP contribution in [0.3, 0.4) is 0 Å². The molecule has 0 atom stereocenters. The summed E-state index contributed by atoms with van der Waals surface area (Å²) < 4.78 is 29.8. The van der Waals surface area contributed by atoms with E-state index in [2.05, 4.69) is 64.1 Å². The SMILES string of the molecule is C.C=C=Nc1cccc(CCC)c1.CC(C)(C)OC(=O)NCc1cccc(N(C(=S)Oc2ccccc2)C(=S)Oc2ccccc2)c1.[C-]#[N+]c1cc(F)cc(N=C=C)c1. The van der Waals surface area contributed by atoms with Gasteiger partial charge < -0.3 is 19.5 Å². The molecule has 0 radical (unpaired) electrons. The predicted molar refractivity (Wildman–Crippen MR) is 247 cm³/mol. The summed E-state index contributed by atoms with van der Waals surface area (Å²) in [5.74, 6) is 5.47. The maximum atomic E-state index is 12.7. The molecule has 5 aromatic carbocycles. The normalized spacial score (nSPS) is 9.69. The van der Waals surface area contributed by atoms with Crippen LogP contribution in [-0.4, -0.2) is 33.8 Å². The fraction of sp³-hybridized carbons (Fsp3) is 0.191. The minimum Gasteiger partial charge on any atom is -0.444 e. The van der Waals surface area contributed by atoms with Crippen LogP contribution in [0.2, 0.25) is 0 Å². The maximum absolute atomic E-state index is 12.7. The second-order valence-electron chi connectivity index (χ2n) is 13.0. The highest BCUT2D eigenvalue weighted by Crippen LogP contribution is 2.24. The van der Waals surface area contributed by atoms with Gasteiger partial charge in [-0.2, -0.15) is 0 Å². The molecule has 59 heavy (non-hydrogen) atoms.